The SMILES string of the molecule is COc1cccc(-c2noc(C3CCN(S(=O)(=O)c4cc(Cl)ccc4Cl)CC3)n2)c1. The summed E-state index contributed by atoms with van der Waals surface area (Å²) < 4.78 is 38.1. The monoisotopic (exact) mass is 467 g/mol. The minimum atomic E-state index is -3.73. The maximum Gasteiger partial charge on any atom is 0.244 e. The smallest absolute Gasteiger partial charge is 0.244 e. The Morgan fingerprint density at radius 3 is 2.63 bits per heavy atom. The summed E-state index contributed by atoms with van der Waals surface area (Å²) >= 11 is 12.1. The molecule has 1 aliphatic heterocycles. The molecule has 0 radical (unpaired) electrons. The Hall–Kier alpha value is -2.13. The van der Waals surface area contributed by atoms with Gasteiger partial charge in [0.15, 0.2) is 0 Å². The van der Waals surface area contributed by atoms with Gasteiger partial charge in [-0.25, -0.2) is 8.42 Å². The molecule has 7 nitrogen and oxygen atoms in total. The van der Waals surface area contributed by atoms with Crippen molar-refractivity contribution in [3.63, 3.8) is 0 Å². The quantitative estimate of drug-likeness (QED) is 0.543. The average molecular weight is 468 g/mol. The van der Waals surface area contributed by atoms with Gasteiger partial charge in [0.1, 0.15) is 10.6 Å². The van der Waals surface area contributed by atoms with Gasteiger partial charge in [0, 0.05) is 29.6 Å². The number of nitrogens with zero attached hydrogens (tertiary/aromatic N) is 3. The van der Waals surface area contributed by atoms with E-state index in [2.05, 4.69) is 10.1 Å². The molecule has 0 aliphatic carbocycles. The lowest BCUT2D eigenvalue weighted by atomic mass is 9.98. The van der Waals surface area contributed by atoms with Gasteiger partial charge in [-0.15, -0.1) is 0 Å². The van der Waals surface area contributed by atoms with E-state index in [4.69, 9.17) is 32.5 Å². The van der Waals surface area contributed by atoms with Gasteiger partial charge >= 0.3 is 0 Å². The van der Waals surface area contributed by atoms with E-state index < -0.39 is 10.0 Å². The van der Waals surface area contributed by atoms with Crippen LogP contribution in [-0.4, -0.2) is 43.1 Å². The molecule has 0 atom stereocenters. The van der Waals surface area contributed by atoms with Crippen LogP contribution in [0.15, 0.2) is 51.9 Å². The summed E-state index contributed by atoms with van der Waals surface area (Å²) in [6, 6.07) is 11.8. The molecular formula is C20H19Cl2N3O4S. The maximum atomic E-state index is 13.0. The number of aromatic nitrogens is 2. The number of piperidine rings is 1. The second kappa shape index (κ2) is 8.55. The zero-order valence-corrected chi connectivity index (χ0v) is 18.4. The van der Waals surface area contributed by atoms with Gasteiger partial charge in [-0.3, -0.25) is 0 Å². The highest BCUT2D eigenvalue weighted by atomic mass is 35.5. The maximum absolute atomic E-state index is 13.0. The Kier molecular flexibility index (Phi) is 6.02. The van der Waals surface area contributed by atoms with Gasteiger partial charge < -0.3 is 9.26 Å². The van der Waals surface area contributed by atoms with Crippen molar-refractivity contribution in [2.24, 2.45) is 0 Å². The molecule has 1 fully saturated rings. The van der Waals surface area contributed by atoms with E-state index >= 15 is 0 Å². The van der Waals surface area contributed by atoms with Crippen LogP contribution in [-0.2, 0) is 10.0 Å². The third kappa shape index (κ3) is 4.18. The van der Waals surface area contributed by atoms with Crippen molar-refractivity contribution >= 4 is 33.2 Å². The first kappa shape index (κ1) is 21.1. The molecule has 0 spiro atoms. The minimum Gasteiger partial charge on any atom is -0.497 e. The van der Waals surface area contributed by atoms with Crippen molar-refractivity contribution < 1.29 is 17.7 Å². The summed E-state index contributed by atoms with van der Waals surface area (Å²) in [4.78, 5) is 4.53. The molecule has 3 aromatic rings. The summed E-state index contributed by atoms with van der Waals surface area (Å²) in [6.07, 6.45) is 1.13. The summed E-state index contributed by atoms with van der Waals surface area (Å²) in [6.45, 7) is 0.652. The molecule has 158 valence electrons. The molecule has 30 heavy (non-hydrogen) atoms. The predicted molar refractivity (Wildman–Crippen MR) is 113 cm³/mol. The van der Waals surface area contributed by atoms with Crippen LogP contribution in [0, 0.1) is 0 Å². The van der Waals surface area contributed by atoms with Crippen LogP contribution >= 0.6 is 23.2 Å². The van der Waals surface area contributed by atoms with Crippen LogP contribution in [0.5, 0.6) is 5.75 Å². The topological polar surface area (TPSA) is 85.5 Å². The van der Waals surface area contributed by atoms with Gasteiger partial charge in [0.05, 0.1) is 12.1 Å². The fraction of sp³-hybridized carbons (Fsp3) is 0.300. The van der Waals surface area contributed by atoms with E-state index in [1.165, 1.54) is 16.4 Å². The average Bonchev–Trinajstić information content (AvgIpc) is 3.26. The van der Waals surface area contributed by atoms with Crippen LogP contribution in [0.25, 0.3) is 11.4 Å². The highest BCUT2D eigenvalue weighted by molar-refractivity contribution is 7.89. The molecule has 1 aromatic heterocycles. The number of rotatable bonds is 5. The number of halogens is 2. The molecule has 1 aliphatic rings. The van der Waals surface area contributed by atoms with E-state index in [0.717, 1.165) is 5.56 Å². The Morgan fingerprint density at radius 2 is 1.90 bits per heavy atom. The van der Waals surface area contributed by atoms with Gasteiger partial charge in [0.2, 0.25) is 21.7 Å². The predicted octanol–water partition coefficient (Wildman–Crippen LogP) is 4.62. The summed E-state index contributed by atoms with van der Waals surface area (Å²) in [5, 5.41) is 4.55. The second-order valence-corrected chi connectivity index (χ2v) is 9.69. The lowest BCUT2D eigenvalue weighted by molar-refractivity contribution is 0.271. The van der Waals surface area contributed by atoms with Crippen molar-refractivity contribution in [2.75, 3.05) is 20.2 Å². The van der Waals surface area contributed by atoms with Crippen molar-refractivity contribution in [3.05, 3.63) is 58.4 Å². The number of hydrogen-bond acceptors (Lipinski definition) is 6. The molecule has 0 N–H and O–H groups in total. The van der Waals surface area contributed by atoms with Crippen LogP contribution in [0.3, 0.4) is 0 Å². The van der Waals surface area contributed by atoms with Gasteiger partial charge in [-0.2, -0.15) is 9.29 Å². The fourth-order valence-corrected chi connectivity index (χ4v) is 5.64. The van der Waals surface area contributed by atoms with Gasteiger partial charge in [0.25, 0.3) is 0 Å². The Morgan fingerprint density at radius 1 is 1.13 bits per heavy atom. The molecule has 10 heteroatoms. The van der Waals surface area contributed by atoms with Crippen molar-refractivity contribution in [1.29, 1.82) is 0 Å². The lowest BCUT2D eigenvalue weighted by Crippen LogP contribution is -2.38. The van der Waals surface area contributed by atoms with E-state index in [1.54, 1.807) is 13.2 Å². The number of sulfonamides is 1. The highest BCUT2D eigenvalue weighted by Gasteiger charge is 2.33. The molecule has 0 saturated carbocycles. The number of benzene rings is 2. The molecule has 4 rings (SSSR count). The number of methoxy groups -OCH3 is 1. The molecule has 0 bridgehead atoms. The standard InChI is InChI=1S/C20H19Cl2N3O4S/c1-28-16-4-2-3-14(11-16)19-23-20(29-24-19)13-7-9-25(10-8-13)30(26,27)18-12-15(21)5-6-17(18)22/h2-6,11-13H,7-10H2,1H3. The highest BCUT2D eigenvalue weighted by Crippen LogP contribution is 2.33. The zero-order valence-electron chi connectivity index (χ0n) is 16.1. The Balaban J connectivity index is 1.47. The summed E-state index contributed by atoms with van der Waals surface area (Å²) in [7, 11) is -2.13. The van der Waals surface area contributed by atoms with E-state index in [0.29, 0.717) is 48.4 Å². The molecular weight excluding hydrogens is 449 g/mol. The van der Waals surface area contributed by atoms with E-state index in [9.17, 15) is 8.42 Å². The largest absolute Gasteiger partial charge is 0.497 e. The molecule has 2 heterocycles. The van der Waals surface area contributed by atoms with Gasteiger partial charge in [-0.1, -0.05) is 40.5 Å². The molecule has 2 aromatic carbocycles. The van der Waals surface area contributed by atoms with Crippen LogP contribution in [0.2, 0.25) is 10.0 Å². The summed E-state index contributed by atoms with van der Waals surface area (Å²) in [5.74, 6) is 1.67. The first-order chi connectivity index (χ1) is 14.4. The molecule has 1 saturated heterocycles. The zero-order chi connectivity index (χ0) is 21.3. The van der Waals surface area contributed by atoms with Crippen molar-refractivity contribution in [3.8, 4) is 17.1 Å². The van der Waals surface area contributed by atoms with Crippen molar-refractivity contribution in [1.82, 2.24) is 14.4 Å². The normalized spacial score (nSPS) is 16.0. The molecule has 0 amide bonds. The second-order valence-electron chi connectivity index (χ2n) is 6.94. The van der Waals surface area contributed by atoms with Crippen LogP contribution < -0.4 is 4.74 Å². The first-order valence-electron chi connectivity index (χ1n) is 9.31. The summed E-state index contributed by atoms with van der Waals surface area (Å²) in [5.41, 5.74) is 0.792. The Labute approximate surface area is 184 Å². The number of hydrogen-bond donors (Lipinski definition) is 0. The Bertz CT molecular complexity index is 1160. The van der Waals surface area contributed by atoms with E-state index in [-0.39, 0.29) is 15.8 Å². The van der Waals surface area contributed by atoms with Crippen molar-refractivity contribution in [2.45, 2.75) is 23.7 Å². The molecule has 0 unspecified atom stereocenters. The van der Waals surface area contributed by atoms with Gasteiger partial charge in [-0.05, 0) is 43.2 Å². The lowest BCUT2D eigenvalue weighted by Gasteiger charge is -2.29. The third-order valence-corrected chi connectivity index (χ3v) is 7.70. The van der Waals surface area contributed by atoms with Crippen LogP contribution in [0.4, 0.5) is 0 Å². The first-order valence-corrected chi connectivity index (χ1v) is 11.5. The van der Waals surface area contributed by atoms with E-state index in [1.807, 2.05) is 24.3 Å². The number of ether oxygens (including phenoxy) is 1. The third-order valence-electron chi connectivity index (χ3n) is 5.08. The fourth-order valence-electron chi connectivity index (χ4n) is 3.44. The minimum absolute atomic E-state index is 0.0156. The van der Waals surface area contributed by atoms with Crippen LogP contribution in [0.1, 0.15) is 24.7 Å².